The highest BCUT2D eigenvalue weighted by Crippen LogP contribution is 2.32. The minimum absolute atomic E-state index is 0.0630. The summed E-state index contributed by atoms with van der Waals surface area (Å²) >= 11 is 7.50. The minimum atomic E-state index is -0.150. The Kier molecular flexibility index (Phi) is 5.23. The van der Waals surface area contributed by atoms with E-state index >= 15 is 0 Å². The molecule has 1 aromatic carbocycles. The zero-order valence-corrected chi connectivity index (χ0v) is 17.3. The third-order valence-electron chi connectivity index (χ3n) is 4.39. The molecule has 1 aromatic heterocycles. The van der Waals surface area contributed by atoms with Crippen LogP contribution in [0.25, 0.3) is 0 Å². The molecular formula is C18H24ClN5OS. The summed E-state index contributed by atoms with van der Waals surface area (Å²) in [6, 6.07) is 5.78. The molecule has 3 rings (SSSR count). The highest BCUT2D eigenvalue weighted by Gasteiger charge is 2.38. The zero-order chi connectivity index (χ0) is 19.1. The summed E-state index contributed by atoms with van der Waals surface area (Å²) in [7, 11) is 1.80. The Morgan fingerprint density at radius 2 is 2.08 bits per heavy atom. The third kappa shape index (κ3) is 3.84. The van der Waals surface area contributed by atoms with Crippen molar-refractivity contribution < 1.29 is 4.79 Å². The van der Waals surface area contributed by atoms with Gasteiger partial charge in [-0.3, -0.25) is 10.2 Å². The molecule has 8 heteroatoms. The molecule has 1 aliphatic heterocycles. The molecule has 1 unspecified atom stereocenters. The molecule has 0 bridgehead atoms. The minimum Gasteiger partial charge on any atom is -0.324 e. The number of hydrogen-bond donors (Lipinski definition) is 1. The lowest BCUT2D eigenvalue weighted by molar-refractivity contribution is 0.229. The van der Waals surface area contributed by atoms with E-state index in [2.05, 4.69) is 36.3 Å². The summed E-state index contributed by atoms with van der Waals surface area (Å²) in [6.45, 7) is 9.55. The standard InChI is InChI=1S/C18H24ClN5OS/c1-11-8-13(19)7-6-12(11)9-20-14-10-23(5)17(25)24(14)16-22-21-15(26-16)18(2,3)4/h6-8,14,20H,9-10H2,1-5H3. The number of nitrogens with zero attached hydrogens (tertiary/aromatic N) is 4. The SMILES string of the molecule is Cc1cc(Cl)ccc1CNC1CN(C)C(=O)N1c1nnc(C(C)(C)C)s1. The molecule has 2 amide bonds. The van der Waals surface area contributed by atoms with Gasteiger partial charge in [-0.25, -0.2) is 4.79 Å². The molecule has 0 radical (unpaired) electrons. The van der Waals surface area contributed by atoms with E-state index in [0.29, 0.717) is 18.2 Å². The summed E-state index contributed by atoms with van der Waals surface area (Å²) in [5, 5.41) is 14.3. The molecule has 1 atom stereocenters. The fraction of sp³-hybridized carbons (Fsp3) is 0.500. The molecular weight excluding hydrogens is 370 g/mol. The summed E-state index contributed by atoms with van der Waals surface area (Å²) in [5.41, 5.74) is 2.19. The molecule has 1 fully saturated rings. The molecule has 2 heterocycles. The average molecular weight is 394 g/mol. The van der Waals surface area contributed by atoms with Gasteiger partial charge in [-0.05, 0) is 30.2 Å². The predicted molar refractivity (Wildman–Crippen MR) is 106 cm³/mol. The number of aromatic nitrogens is 2. The first-order chi connectivity index (χ1) is 12.2. The molecule has 0 saturated carbocycles. The smallest absolute Gasteiger partial charge is 0.324 e. The van der Waals surface area contributed by atoms with Crippen LogP contribution in [0.15, 0.2) is 18.2 Å². The van der Waals surface area contributed by atoms with Gasteiger partial charge in [-0.15, -0.1) is 10.2 Å². The van der Waals surface area contributed by atoms with E-state index in [4.69, 9.17) is 11.6 Å². The third-order valence-corrected chi connectivity index (χ3v) is 5.97. The van der Waals surface area contributed by atoms with Gasteiger partial charge in [0.1, 0.15) is 11.2 Å². The van der Waals surface area contributed by atoms with Gasteiger partial charge in [0.25, 0.3) is 0 Å². The molecule has 140 valence electrons. The van der Waals surface area contributed by atoms with Crippen LogP contribution in [-0.4, -0.2) is 40.9 Å². The molecule has 1 N–H and O–H groups in total. The Bertz CT molecular complexity index is 816. The van der Waals surface area contributed by atoms with Crippen LogP contribution in [0, 0.1) is 6.92 Å². The molecule has 0 aliphatic carbocycles. The lowest BCUT2D eigenvalue weighted by atomic mass is 9.98. The first-order valence-electron chi connectivity index (χ1n) is 8.53. The molecule has 1 saturated heterocycles. The Balaban J connectivity index is 1.79. The van der Waals surface area contributed by atoms with Gasteiger partial charge < -0.3 is 4.90 Å². The van der Waals surface area contributed by atoms with E-state index in [-0.39, 0.29) is 17.6 Å². The zero-order valence-electron chi connectivity index (χ0n) is 15.7. The number of halogens is 1. The monoisotopic (exact) mass is 393 g/mol. The number of urea groups is 1. The highest BCUT2D eigenvalue weighted by atomic mass is 35.5. The van der Waals surface area contributed by atoms with Gasteiger partial charge in [0.2, 0.25) is 5.13 Å². The molecule has 6 nitrogen and oxygen atoms in total. The van der Waals surface area contributed by atoms with Crippen LogP contribution < -0.4 is 10.2 Å². The second-order valence-electron chi connectivity index (χ2n) is 7.64. The number of carbonyl (C=O) groups is 1. The Hall–Kier alpha value is -1.70. The van der Waals surface area contributed by atoms with Crippen molar-refractivity contribution in [2.45, 2.75) is 45.8 Å². The number of rotatable bonds is 4. The van der Waals surface area contributed by atoms with E-state index in [1.54, 1.807) is 16.8 Å². The lowest BCUT2D eigenvalue weighted by Gasteiger charge is -2.21. The van der Waals surface area contributed by atoms with Crippen LogP contribution in [0.4, 0.5) is 9.93 Å². The second kappa shape index (κ2) is 7.13. The lowest BCUT2D eigenvalue weighted by Crippen LogP contribution is -2.44. The van der Waals surface area contributed by atoms with E-state index in [9.17, 15) is 4.79 Å². The van der Waals surface area contributed by atoms with Crippen LogP contribution in [0.3, 0.4) is 0 Å². The van der Waals surface area contributed by atoms with E-state index in [1.807, 2.05) is 25.1 Å². The summed E-state index contributed by atoms with van der Waals surface area (Å²) in [6.07, 6.45) is -0.150. The maximum Gasteiger partial charge on any atom is 0.327 e. The molecule has 1 aliphatic rings. The van der Waals surface area contributed by atoms with Crippen LogP contribution in [0.2, 0.25) is 5.02 Å². The largest absolute Gasteiger partial charge is 0.327 e. The van der Waals surface area contributed by atoms with Gasteiger partial charge in [0, 0.05) is 24.0 Å². The van der Waals surface area contributed by atoms with Crippen molar-refractivity contribution >= 4 is 34.1 Å². The van der Waals surface area contributed by atoms with Crippen LogP contribution >= 0.6 is 22.9 Å². The van der Waals surface area contributed by atoms with E-state index in [1.165, 1.54) is 11.3 Å². The Morgan fingerprint density at radius 1 is 1.35 bits per heavy atom. The first kappa shape index (κ1) is 19.1. The number of anilines is 1. The average Bonchev–Trinajstić information content (AvgIpc) is 3.12. The van der Waals surface area contributed by atoms with E-state index < -0.39 is 0 Å². The molecule has 0 spiro atoms. The molecule has 26 heavy (non-hydrogen) atoms. The molecule has 2 aromatic rings. The van der Waals surface area contributed by atoms with Crippen LogP contribution in [0.5, 0.6) is 0 Å². The first-order valence-corrected chi connectivity index (χ1v) is 9.73. The van der Waals surface area contributed by atoms with Gasteiger partial charge in [-0.1, -0.05) is 49.8 Å². The fourth-order valence-electron chi connectivity index (χ4n) is 2.81. The number of amides is 2. The van der Waals surface area contributed by atoms with Gasteiger partial charge >= 0.3 is 6.03 Å². The number of nitrogens with one attached hydrogen (secondary N) is 1. The van der Waals surface area contributed by atoms with Crippen molar-refractivity contribution in [1.82, 2.24) is 20.4 Å². The van der Waals surface area contributed by atoms with Crippen LogP contribution in [0.1, 0.15) is 36.9 Å². The number of aryl methyl sites for hydroxylation is 1. The van der Waals surface area contributed by atoms with Crippen molar-refractivity contribution in [1.29, 1.82) is 0 Å². The van der Waals surface area contributed by atoms with Crippen molar-refractivity contribution in [2.24, 2.45) is 0 Å². The van der Waals surface area contributed by atoms with Gasteiger partial charge in [-0.2, -0.15) is 0 Å². The number of benzene rings is 1. The Labute approximate surface area is 163 Å². The normalized spacial score (nSPS) is 18.1. The van der Waals surface area contributed by atoms with Gasteiger partial charge in [0.15, 0.2) is 0 Å². The topological polar surface area (TPSA) is 61.4 Å². The van der Waals surface area contributed by atoms with Crippen molar-refractivity contribution in [3.8, 4) is 0 Å². The van der Waals surface area contributed by atoms with Gasteiger partial charge in [0.05, 0.1) is 6.54 Å². The van der Waals surface area contributed by atoms with Crippen molar-refractivity contribution in [3.63, 3.8) is 0 Å². The second-order valence-corrected chi connectivity index (χ2v) is 9.03. The highest BCUT2D eigenvalue weighted by molar-refractivity contribution is 7.15. The van der Waals surface area contributed by atoms with E-state index in [0.717, 1.165) is 21.2 Å². The quantitative estimate of drug-likeness (QED) is 0.858. The summed E-state index contributed by atoms with van der Waals surface area (Å²) in [4.78, 5) is 16.0. The summed E-state index contributed by atoms with van der Waals surface area (Å²) in [5.74, 6) is 0. The number of hydrogen-bond acceptors (Lipinski definition) is 5. The number of carbonyl (C=O) groups excluding carboxylic acids is 1. The van der Waals surface area contributed by atoms with Crippen molar-refractivity contribution in [3.05, 3.63) is 39.4 Å². The summed E-state index contributed by atoms with van der Waals surface area (Å²) < 4.78 is 0. The van der Waals surface area contributed by atoms with Crippen molar-refractivity contribution in [2.75, 3.05) is 18.5 Å². The predicted octanol–water partition coefficient (Wildman–Crippen LogP) is 3.79. The number of likely N-dealkylation sites (N-methyl/N-ethyl adjacent to an activating group) is 1. The Morgan fingerprint density at radius 3 is 2.69 bits per heavy atom. The van der Waals surface area contributed by atoms with Crippen LogP contribution in [-0.2, 0) is 12.0 Å². The maximum atomic E-state index is 12.6. The fourth-order valence-corrected chi connectivity index (χ4v) is 3.98. The maximum absolute atomic E-state index is 12.6.